The first-order valence-electron chi connectivity index (χ1n) is 14.7. The molecule has 2 aliphatic heterocycles. The Labute approximate surface area is 266 Å². The van der Waals surface area contributed by atoms with Gasteiger partial charge in [0.2, 0.25) is 5.91 Å². The van der Waals surface area contributed by atoms with Gasteiger partial charge in [0.05, 0.1) is 16.0 Å². The van der Waals surface area contributed by atoms with Gasteiger partial charge in [0.1, 0.15) is 11.4 Å². The molecule has 1 spiro atoms. The molecule has 1 unspecified atom stereocenters. The summed E-state index contributed by atoms with van der Waals surface area (Å²) in [5, 5.41) is 3.87. The molecular formula is C34H36Cl2F3N3O2. The highest BCUT2D eigenvalue weighted by atomic mass is 35.5. The Morgan fingerprint density at radius 2 is 1.86 bits per heavy atom. The summed E-state index contributed by atoms with van der Waals surface area (Å²) < 4.78 is 48.2. The molecule has 3 aromatic rings. The number of anilines is 1. The zero-order valence-electron chi connectivity index (χ0n) is 24.8. The van der Waals surface area contributed by atoms with E-state index in [0.717, 1.165) is 49.8 Å². The summed E-state index contributed by atoms with van der Waals surface area (Å²) in [6.45, 7) is 7.25. The second-order valence-corrected chi connectivity index (χ2v) is 12.6. The first kappa shape index (κ1) is 32.2. The highest BCUT2D eigenvalue weighted by Gasteiger charge is 2.43. The largest absolute Gasteiger partial charge is 0.468 e. The number of carbonyl (C=O) groups is 1. The Kier molecular flexibility index (Phi) is 9.54. The van der Waals surface area contributed by atoms with Crippen LogP contribution in [0.5, 0.6) is 0 Å². The van der Waals surface area contributed by atoms with Gasteiger partial charge in [0.25, 0.3) is 5.92 Å². The van der Waals surface area contributed by atoms with Gasteiger partial charge in [-0.15, -0.1) is 0 Å². The minimum atomic E-state index is -2.97. The summed E-state index contributed by atoms with van der Waals surface area (Å²) in [4.78, 5) is 17.7. The predicted octanol–water partition coefficient (Wildman–Crippen LogP) is 8.67. The Balaban J connectivity index is 1.25. The molecule has 44 heavy (non-hydrogen) atoms. The molecule has 1 atom stereocenters. The van der Waals surface area contributed by atoms with E-state index in [1.54, 1.807) is 48.3 Å². The number of rotatable bonds is 9. The lowest BCUT2D eigenvalue weighted by Crippen LogP contribution is -2.46. The zero-order valence-corrected chi connectivity index (χ0v) is 26.3. The summed E-state index contributed by atoms with van der Waals surface area (Å²) in [7, 11) is 1.68. The first-order chi connectivity index (χ1) is 20.8. The summed E-state index contributed by atoms with van der Waals surface area (Å²) in [6.07, 6.45) is 2.65. The number of piperidine rings is 1. The number of likely N-dealkylation sites (N-methyl/N-ethyl adjacent to an activating group) is 1. The molecule has 0 aromatic heterocycles. The minimum absolute atomic E-state index is 0.0898. The fourth-order valence-electron chi connectivity index (χ4n) is 6.22. The van der Waals surface area contributed by atoms with Crippen LogP contribution in [0.4, 0.5) is 18.9 Å². The fourth-order valence-corrected chi connectivity index (χ4v) is 6.53. The average Bonchev–Trinajstić information content (AvgIpc) is 2.98. The number of amides is 1. The van der Waals surface area contributed by atoms with Gasteiger partial charge in [-0.3, -0.25) is 4.79 Å². The summed E-state index contributed by atoms with van der Waals surface area (Å²) in [6, 6.07) is 16.1. The van der Waals surface area contributed by atoms with Crippen molar-refractivity contribution in [2.75, 3.05) is 32.0 Å². The maximum Gasteiger partial charge on any atom is 0.270 e. The van der Waals surface area contributed by atoms with E-state index < -0.39 is 17.4 Å². The molecule has 10 heteroatoms. The molecule has 5 rings (SSSR count). The number of likely N-dealkylation sites (tertiary alicyclic amines) is 1. The van der Waals surface area contributed by atoms with Gasteiger partial charge in [-0.25, -0.2) is 13.2 Å². The maximum absolute atomic E-state index is 14.2. The number of alkyl halides is 2. The van der Waals surface area contributed by atoms with Gasteiger partial charge in [-0.2, -0.15) is 0 Å². The van der Waals surface area contributed by atoms with E-state index >= 15 is 0 Å². The van der Waals surface area contributed by atoms with Crippen molar-refractivity contribution in [1.29, 1.82) is 0 Å². The van der Waals surface area contributed by atoms with E-state index in [1.165, 1.54) is 18.2 Å². The number of carbonyl (C=O) groups excluding carboxylic acids is 1. The molecule has 234 valence electrons. The van der Waals surface area contributed by atoms with Crippen LogP contribution in [0, 0.1) is 5.82 Å². The van der Waals surface area contributed by atoms with E-state index in [-0.39, 0.29) is 23.8 Å². The molecule has 0 bridgehead atoms. The third kappa shape index (κ3) is 7.19. The van der Waals surface area contributed by atoms with Crippen LogP contribution in [-0.2, 0) is 27.6 Å². The molecule has 2 heterocycles. The van der Waals surface area contributed by atoms with Crippen LogP contribution in [0.1, 0.15) is 60.8 Å². The summed E-state index contributed by atoms with van der Waals surface area (Å²) >= 11 is 12.5. The number of nitrogens with one attached hydrogen (secondary N) is 1. The smallest absolute Gasteiger partial charge is 0.270 e. The molecular weight excluding hydrogens is 610 g/mol. The second kappa shape index (κ2) is 13.0. The van der Waals surface area contributed by atoms with Crippen molar-refractivity contribution in [2.45, 2.75) is 56.6 Å². The Morgan fingerprint density at radius 1 is 1.11 bits per heavy atom. The molecule has 0 radical (unpaired) electrons. The van der Waals surface area contributed by atoms with Gasteiger partial charge in [-0.1, -0.05) is 47.5 Å². The molecule has 1 fully saturated rings. The van der Waals surface area contributed by atoms with Crippen molar-refractivity contribution in [2.24, 2.45) is 0 Å². The first-order valence-corrected chi connectivity index (χ1v) is 15.4. The predicted molar refractivity (Wildman–Crippen MR) is 169 cm³/mol. The molecule has 1 amide bonds. The molecule has 5 nitrogen and oxygen atoms in total. The van der Waals surface area contributed by atoms with Gasteiger partial charge in [0.15, 0.2) is 5.88 Å². The lowest BCUT2D eigenvalue weighted by Gasteiger charge is -2.45. The zero-order chi connectivity index (χ0) is 31.6. The molecule has 1 N–H and O–H groups in total. The summed E-state index contributed by atoms with van der Waals surface area (Å²) in [5.74, 6) is -3.44. The second-order valence-electron chi connectivity index (χ2n) is 11.8. The van der Waals surface area contributed by atoms with E-state index in [9.17, 15) is 18.0 Å². The number of benzene rings is 3. The molecule has 1 saturated heterocycles. The Morgan fingerprint density at radius 3 is 2.57 bits per heavy atom. The van der Waals surface area contributed by atoms with Crippen LogP contribution in [-0.4, -0.2) is 42.4 Å². The van der Waals surface area contributed by atoms with E-state index in [1.807, 2.05) is 6.07 Å². The standard InChI is InChI=1S/C34H36Cl2F3N3O2/c1-22-40-31-12-10-26(37)20-28(31)34(44-22)13-16-42(17-14-34)15-5-8-27(24-9-11-29(35)30(36)19-24)32(43)41(3)21-23-6-4-7-25(18-23)33(2,38)39/h4,6-7,9-12,18-20,27,40H,1,5,8,13-17,21H2,2-3H3. The van der Waals surface area contributed by atoms with Crippen LogP contribution in [0.25, 0.3) is 0 Å². The lowest BCUT2D eigenvalue weighted by molar-refractivity contribution is -0.132. The van der Waals surface area contributed by atoms with Gasteiger partial charge >= 0.3 is 0 Å². The van der Waals surface area contributed by atoms with Crippen molar-refractivity contribution in [1.82, 2.24) is 9.80 Å². The van der Waals surface area contributed by atoms with Crippen LogP contribution >= 0.6 is 23.2 Å². The number of fused-ring (bicyclic) bond motifs is 2. The van der Waals surface area contributed by atoms with E-state index in [0.29, 0.717) is 40.8 Å². The van der Waals surface area contributed by atoms with Crippen molar-refractivity contribution < 1.29 is 22.7 Å². The van der Waals surface area contributed by atoms with Crippen molar-refractivity contribution in [3.05, 3.63) is 111 Å². The number of ether oxygens (including phenoxy) is 1. The van der Waals surface area contributed by atoms with E-state index in [2.05, 4.69) is 16.8 Å². The van der Waals surface area contributed by atoms with Crippen molar-refractivity contribution in [3.63, 3.8) is 0 Å². The average molecular weight is 647 g/mol. The van der Waals surface area contributed by atoms with Crippen LogP contribution in [0.15, 0.2) is 73.1 Å². The highest BCUT2D eigenvalue weighted by molar-refractivity contribution is 6.42. The van der Waals surface area contributed by atoms with E-state index in [4.69, 9.17) is 27.9 Å². The third-order valence-corrected chi connectivity index (χ3v) is 9.31. The Hall–Kier alpha value is -3.20. The number of hydrogen-bond acceptors (Lipinski definition) is 4. The van der Waals surface area contributed by atoms with Gasteiger partial charge < -0.3 is 19.9 Å². The third-order valence-electron chi connectivity index (χ3n) is 8.57. The normalized spacial score (nSPS) is 17.0. The molecule has 0 aliphatic carbocycles. The molecule has 0 saturated carbocycles. The number of hydrogen-bond donors (Lipinski definition) is 1. The quantitative estimate of drug-likeness (QED) is 0.253. The van der Waals surface area contributed by atoms with Crippen LogP contribution < -0.4 is 5.32 Å². The molecule has 2 aliphatic rings. The number of halogens is 5. The summed E-state index contributed by atoms with van der Waals surface area (Å²) in [5.41, 5.74) is 2.29. The van der Waals surface area contributed by atoms with Crippen LogP contribution in [0.3, 0.4) is 0 Å². The fraction of sp³-hybridized carbons (Fsp3) is 0.382. The van der Waals surface area contributed by atoms with Crippen LogP contribution in [0.2, 0.25) is 10.0 Å². The molecule has 3 aromatic carbocycles. The minimum Gasteiger partial charge on any atom is -0.468 e. The van der Waals surface area contributed by atoms with Crippen molar-refractivity contribution >= 4 is 34.8 Å². The maximum atomic E-state index is 14.2. The number of nitrogens with zero attached hydrogens (tertiary/aromatic N) is 2. The lowest BCUT2D eigenvalue weighted by atomic mass is 9.82. The topological polar surface area (TPSA) is 44.8 Å². The SMILES string of the molecule is C=C1Nc2ccc(F)cc2C2(CCN(CCCC(C(=O)N(C)Cc3cccc(C(C)(F)F)c3)c3ccc(Cl)c(Cl)c3)CC2)O1. The highest BCUT2D eigenvalue weighted by Crippen LogP contribution is 2.45. The monoisotopic (exact) mass is 645 g/mol. The Bertz CT molecular complexity index is 1540. The van der Waals surface area contributed by atoms with Gasteiger partial charge in [-0.05, 0) is 73.5 Å². The van der Waals surface area contributed by atoms with Gasteiger partial charge in [0, 0.05) is 63.3 Å². The van der Waals surface area contributed by atoms with Crippen molar-refractivity contribution in [3.8, 4) is 0 Å².